The zero-order valence-corrected chi connectivity index (χ0v) is 11.8. The molecule has 1 fully saturated rings. The summed E-state index contributed by atoms with van der Waals surface area (Å²) in [6.07, 6.45) is 0. The van der Waals surface area contributed by atoms with Gasteiger partial charge in [-0.15, -0.1) is 0 Å². The maximum atomic E-state index is 5.38. The van der Waals surface area contributed by atoms with E-state index in [2.05, 4.69) is 50.0 Å². The summed E-state index contributed by atoms with van der Waals surface area (Å²) in [6.45, 7) is 12.0. The number of rotatable bonds is 2. The monoisotopic (exact) mass is 249 g/mol. The largest absolute Gasteiger partial charge is 0.378 e. The van der Waals surface area contributed by atoms with Crippen molar-refractivity contribution < 1.29 is 4.74 Å². The average Bonchev–Trinajstić information content (AvgIpc) is 2.27. The summed E-state index contributed by atoms with van der Waals surface area (Å²) in [7, 11) is 0. The molecule has 0 aromatic carbocycles. The molecule has 0 unspecified atom stereocenters. The van der Waals surface area contributed by atoms with Crippen LogP contribution in [0, 0.1) is 6.92 Å². The molecule has 1 N–H and O–H groups in total. The number of hydrogen-bond donors (Lipinski definition) is 1. The van der Waals surface area contributed by atoms with Gasteiger partial charge in [0.25, 0.3) is 0 Å². The minimum Gasteiger partial charge on any atom is -0.378 e. The zero-order chi connectivity index (χ0) is 13.2. The van der Waals surface area contributed by atoms with E-state index < -0.39 is 0 Å². The van der Waals surface area contributed by atoms with Crippen LogP contribution in [-0.2, 0) is 4.74 Å². The zero-order valence-electron chi connectivity index (χ0n) is 11.8. The van der Waals surface area contributed by atoms with Crippen molar-refractivity contribution in [2.24, 2.45) is 0 Å². The first-order chi connectivity index (χ1) is 8.44. The van der Waals surface area contributed by atoms with E-state index in [4.69, 9.17) is 9.72 Å². The van der Waals surface area contributed by atoms with Crippen LogP contribution in [0.1, 0.15) is 26.3 Å². The summed E-state index contributed by atoms with van der Waals surface area (Å²) in [4.78, 5) is 6.98. The van der Waals surface area contributed by atoms with Gasteiger partial charge in [0.1, 0.15) is 11.6 Å². The summed E-state index contributed by atoms with van der Waals surface area (Å²) >= 11 is 0. The van der Waals surface area contributed by atoms with Crippen molar-refractivity contribution in [1.29, 1.82) is 0 Å². The molecular weight excluding hydrogens is 226 g/mol. The maximum Gasteiger partial charge on any atom is 0.131 e. The van der Waals surface area contributed by atoms with Crippen LogP contribution in [0.15, 0.2) is 12.1 Å². The van der Waals surface area contributed by atoms with Crippen molar-refractivity contribution in [3.05, 3.63) is 17.7 Å². The van der Waals surface area contributed by atoms with Crippen LogP contribution in [0.2, 0.25) is 0 Å². The van der Waals surface area contributed by atoms with Gasteiger partial charge in [-0.05, 0) is 45.4 Å². The fourth-order valence-electron chi connectivity index (χ4n) is 2.05. The van der Waals surface area contributed by atoms with Crippen LogP contribution in [-0.4, -0.2) is 36.8 Å². The van der Waals surface area contributed by atoms with Crippen LogP contribution in [0.4, 0.5) is 11.6 Å². The summed E-state index contributed by atoms with van der Waals surface area (Å²) in [6, 6.07) is 4.23. The summed E-state index contributed by atoms with van der Waals surface area (Å²) in [5.74, 6) is 1.99. The Morgan fingerprint density at radius 1 is 1.22 bits per heavy atom. The van der Waals surface area contributed by atoms with E-state index in [0.717, 1.165) is 37.9 Å². The predicted molar refractivity (Wildman–Crippen MR) is 75.4 cm³/mol. The first-order valence-electron chi connectivity index (χ1n) is 6.54. The Balaban J connectivity index is 2.20. The van der Waals surface area contributed by atoms with Crippen molar-refractivity contribution in [1.82, 2.24) is 4.98 Å². The Hall–Kier alpha value is -1.29. The first-order valence-corrected chi connectivity index (χ1v) is 6.54. The van der Waals surface area contributed by atoms with Gasteiger partial charge >= 0.3 is 0 Å². The third-order valence-corrected chi connectivity index (χ3v) is 2.79. The van der Waals surface area contributed by atoms with Crippen LogP contribution in [0.5, 0.6) is 0 Å². The maximum absolute atomic E-state index is 5.38. The molecule has 4 heteroatoms. The Morgan fingerprint density at radius 2 is 1.89 bits per heavy atom. The predicted octanol–water partition coefficient (Wildman–Crippen LogP) is 2.44. The van der Waals surface area contributed by atoms with Crippen molar-refractivity contribution in [3.63, 3.8) is 0 Å². The van der Waals surface area contributed by atoms with Crippen molar-refractivity contribution in [2.75, 3.05) is 36.5 Å². The fraction of sp³-hybridized carbons (Fsp3) is 0.643. The van der Waals surface area contributed by atoms with E-state index in [1.807, 2.05) is 0 Å². The topological polar surface area (TPSA) is 37.4 Å². The number of pyridine rings is 1. The molecule has 0 amide bonds. The molecule has 2 rings (SSSR count). The van der Waals surface area contributed by atoms with Gasteiger partial charge in [-0.3, -0.25) is 0 Å². The molecule has 100 valence electrons. The van der Waals surface area contributed by atoms with Gasteiger partial charge in [0.2, 0.25) is 0 Å². The number of morpholine rings is 1. The second kappa shape index (κ2) is 5.14. The molecule has 1 saturated heterocycles. The van der Waals surface area contributed by atoms with E-state index in [0.29, 0.717) is 0 Å². The van der Waals surface area contributed by atoms with Crippen molar-refractivity contribution in [3.8, 4) is 0 Å². The minimum absolute atomic E-state index is 0.0308. The summed E-state index contributed by atoms with van der Waals surface area (Å²) < 4.78 is 5.38. The lowest BCUT2D eigenvalue weighted by Crippen LogP contribution is -2.37. The Kier molecular flexibility index (Phi) is 3.76. The van der Waals surface area contributed by atoms with Crippen LogP contribution in [0.25, 0.3) is 0 Å². The number of anilines is 2. The average molecular weight is 249 g/mol. The highest BCUT2D eigenvalue weighted by atomic mass is 16.5. The lowest BCUT2D eigenvalue weighted by molar-refractivity contribution is 0.122. The van der Waals surface area contributed by atoms with E-state index in [9.17, 15) is 0 Å². The molecule has 0 spiro atoms. The normalized spacial score (nSPS) is 16.8. The molecule has 0 aliphatic carbocycles. The SMILES string of the molecule is Cc1cc(NC(C)(C)C)nc(N2CCOCC2)c1. The molecular formula is C14H23N3O. The quantitative estimate of drug-likeness (QED) is 0.873. The smallest absolute Gasteiger partial charge is 0.131 e. The Bertz CT molecular complexity index is 406. The molecule has 0 atom stereocenters. The van der Waals surface area contributed by atoms with E-state index in [-0.39, 0.29) is 5.54 Å². The van der Waals surface area contributed by atoms with Crippen LogP contribution >= 0.6 is 0 Å². The third-order valence-electron chi connectivity index (χ3n) is 2.79. The molecule has 1 aromatic heterocycles. The Morgan fingerprint density at radius 3 is 2.50 bits per heavy atom. The molecule has 4 nitrogen and oxygen atoms in total. The summed E-state index contributed by atoms with van der Waals surface area (Å²) in [5, 5.41) is 3.43. The standard InChI is InChI=1S/C14H23N3O/c1-11-9-12(16-14(2,3)4)15-13(10-11)17-5-7-18-8-6-17/h9-10H,5-8H2,1-4H3,(H,15,16). The van der Waals surface area contributed by atoms with Crippen molar-refractivity contribution in [2.45, 2.75) is 33.2 Å². The fourth-order valence-corrected chi connectivity index (χ4v) is 2.05. The van der Waals surface area contributed by atoms with Crippen LogP contribution < -0.4 is 10.2 Å². The number of aryl methyl sites for hydroxylation is 1. The number of ether oxygens (including phenoxy) is 1. The molecule has 1 aliphatic rings. The van der Waals surface area contributed by atoms with E-state index >= 15 is 0 Å². The number of hydrogen-bond acceptors (Lipinski definition) is 4. The summed E-state index contributed by atoms with van der Waals surface area (Å²) in [5.41, 5.74) is 1.27. The lowest BCUT2D eigenvalue weighted by atomic mass is 10.1. The van der Waals surface area contributed by atoms with Gasteiger partial charge in [-0.25, -0.2) is 4.98 Å². The second-order valence-corrected chi connectivity index (χ2v) is 5.86. The molecule has 0 radical (unpaired) electrons. The van der Waals surface area contributed by atoms with Gasteiger partial charge in [0.05, 0.1) is 13.2 Å². The highest BCUT2D eigenvalue weighted by molar-refractivity contribution is 5.51. The van der Waals surface area contributed by atoms with Gasteiger partial charge < -0.3 is 15.0 Å². The Labute approximate surface area is 109 Å². The highest BCUT2D eigenvalue weighted by Gasteiger charge is 2.15. The van der Waals surface area contributed by atoms with Gasteiger partial charge in [0, 0.05) is 18.6 Å². The molecule has 0 bridgehead atoms. The molecule has 1 aromatic rings. The number of nitrogens with zero attached hydrogens (tertiary/aromatic N) is 2. The van der Waals surface area contributed by atoms with Crippen LogP contribution in [0.3, 0.4) is 0 Å². The molecule has 0 saturated carbocycles. The second-order valence-electron chi connectivity index (χ2n) is 5.86. The lowest BCUT2D eigenvalue weighted by Gasteiger charge is -2.29. The number of nitrogens with one attached hydrogen (secondary N) is 1. The molecule has 18 heavy (non-hydrogen) atoms. The number of aromatic nitrogens is 1. The van der Waals surface area contributed by atoms with Gasteiger partial charge in [0.15, 0.2) is 0 Å². The minimum atomic E-state index is 0.0308. The first kappa shape index (κ1) is 13.1. The van der Waals surface area contributed by atoms with E-state index in [1.165, 1.54) is 5.56 Å². The highest BCUT2D eigenvalue weighted by Crippen LogP contribution is 2.20. The van der Waals surface area contributed by atoms with Gasteiger partial charge in [-0.1, -0.05) is 0 Å². The van der Waals surface area contributed by atoms with Crippen molar-refractivity contribution >= 4 is 11.6 Å². The van der Waals surface area contributed by atoms with Gasteiger partial charge in [-0.2, -0.15) is 0 Å². The molecule has 1 aliphatic heterocycles. The van der Waals surface area contributed by atoms with E-state index in [1.54, 1.807) is 0 Å². The molecule has 2 heterocycles. The third kappa shape index (κ3) is 3.60.